The minimum Gasteiger partial charge on any atom is -0.320 e. The molecule has 0 atom stereocenters. The molecule has 0 fully saturated rings. The van der Waals surface area contributed by atoms with Crippen LogP contribution in [0.1, 0.15) is 10.4 Å². The molecule has 1 N–H and O–H groups in total. The molecule has 1 aromatic carbocycles. The topological polar surface area (TPSA) is 54.9 Å². The van der Waals surface area contributed by atoms with E-state index in [1.165, 1.54) is 12.3 Å². The highest BCUT2D eigenvalue weighted by Gasteiger charge is 2.13. The number of hydrogen-bond donors (Lipinski definition) is 1. The lowest BCUT2D eigenvalue weighted by molar-refractivity contribution is 0.102. The Labute approximate surface area is 130 Å². The van der Waals surface area contributed by atoms with Gasteiger partial charge >= 0.3 is 0 Å². The highest BCUT2D eigenvalue weighted by atomic mass is 35.5. The van der Waals surface area contributed by atoms with Crippen molar-refractivity contribution in [2.75, 3.05) is 5.32 Å². The second-order valence-corrected chi connectivity index (χ2v) is 5.12. The third kappa shape index (κ3) is 2.82. The monoisotopic (exact) mass is 317 g/mol. The standard InChI is InChI=1S/C15H9Cl2N3O/c16-11-8-19-13(17)7-10(11)15(21)20-12-5-1-3-9-4-2-6-18-14(9)12/h1-8H,(H,20,21). The molecule has 3 rings (SSSR count). The van der Waals surface area contributed by atoms with Crippen molar-refractivity contribution < 1.29 is 4.79 Å². The van der Waals surface area contributed by atoms with Gasteiger partial charge in [-0.15, -0.1) is 0 Å². The number of amides is 1. The minimum atomic E-state index is -0.359. The second-order valence-electron chi connectivity index (χ2n) is 4.32. The zero-order valence-corrected chi connectivity index (χ0v) is 12.2. The van der Waals surface area contributed by atoms with Crippen LogP contribution in [-0.4, -0.2) is 15.9 Å². The summed E-state index contributed by atoms with van der Waals surface area (Å²) >= 11 is 11.8. The van der Waals surface area contributed by atoms with E-state index < -0.39 is 0 Å². The molecule has 0 saturated carbocycles. The molecule has 0 spiro atoms. The lowest BCUT2D eigenvalue weighted by Crippen LogP contribution is -2.13. The van der Waals surface area contributed by atoms with Gasteiger partial charge in [0.2, 0.25) is 0 Å². The van der Waals surface area contributed by atoms with Crippen LogP contribution in [0.25, 0.3) is 10.9 Å². The summed E-state index contributed by atoms with van der Waals surface area (Å²) in [4.78, 5) is 20.4. The molecule has 0 aliphatic rings. The van der Waals surface area contributed by atoms with Crippen molar-refractivity contribution in [2.24, 2.45) is 0 Å². The maximum absolute atomic E-state index is 12.3. The molecule has 21 heavy (non-hydrogen) atoms. The van der Waals surface area contributed by atoms with Gasteiger partial charge in [0.1, 0.15) is 5.15 Å². The first kappa shape index (κ1) is 13.8. The molecule has 0 radical (unpaired) electrons. The predicted molar refractivity (Wildman–Crippen MR) is 84.0 cm³/mol. The quantitative estimate of drug-likeness (QED) is 0.721. The van der Waals surface area contributed by atoms with Gasteiger partial charge in [-0.05, 0) is 18.2 Å². The van der Waals surface area contributed by atoms with Crippen LogP contribution < -0.4 is 5.32 Å². The number of rotatable bonds is 2. The van der Waals surface area contributed by atoms with E-state index in [1.54, 1.807) is 12.3 Å². The predicted octanol–water partition coefficient (Wildman–Crippen LogP) is 4.19. The highest BCUT2D eigenvalue weighted by Crippen LogP contribution is 2.23. The van der Waals surface area contributed by atoms with Crippen molar-refractivity contribution >= 4 is 45.7 Å². The number of hydrogen-bond acceptors (Lipinski definition) is 3. The van der Waals surface area contributed by atoms with E-state index in [0.717, 1.165) is 5.39 Å². The Morgan fingerprint density at radius 3 is 2.76 bits per heavy atom. The fraction of sp³-hybridized carbons (Fsp3) is 0. The van der Waals surface area contributed by atoms with Gasteiger partial charge in [0, 0.05) is 17.8 Å². The van der Waals surface area contributed by atoms with E-state index in [1.807, 2.05) is 24.3 Å². The largest absolute Gasteiger partial charge is 0.320 e. The average molecular weight is 318 g/mol. The maximum atomic E-state index is 12.3. The SMILES string of the molecule is O=C(Nc1cccc2cccnc12)c1cc(Cl)ncc1Cl. The van der Waals surface area contributed by atoms with Crippen molar-refractivity contribution in [1.82, 2.24) is 9.97 Å². The summed E-state index contributed by atoms with van der Waals surface area (Å²) in [5, 5.41) is 4.19. The first-order valence-electron chi connectivity index (χ1n) is 6.11. The van der Waals surface area contributed by atoms with E-state index in [9.17, 15) is 4.79 Å². The van der Waals surface area contributed by atoms with Gasteiger partial charge in [-0.3, -0.25) is 9.78 Å². The number of fused-ring (bicyclic) bond motifs is 1. The van der Waals surface area contributed by atoms with Crippen LogP contribution in [0.5, 0.6) is 0 Å². The molecule has 0 bridgehead atoms. The Hall–Kier alpha value is -2.17. The van der Waals surface area contributed by atoms with Gasteiger partial charge in [-0.1, -0.05) is 41.4 Å². The van der Waals surface area contributed by atoms with Crippen LogP contribution >= 0.6 is 23.2 Å². The Morgan fingerprint density at radius 1 is 1.10 bits per heavy atom. The normalized spacial score (nSPS) is 10.6. The molecular weight excluding hydrogens is 309 g/mol. The molecule has 4 nitrogen and oxygen atoms in total. The molecule has 0 aliphatic carbocycles. The van der Waals surface area contributed by atoms with Gasteiger partial charge in [-0.2, -0.15) is 0 Å². The lowest BCUT2D eigenvalue weighted by atomic mass is 10.2. The van der Waals surface area contributed by atoms with E-state index in [4.69, 9.17) is 23.2 Å². The number of nitrogens with zero attached hydrogens (tertiary/aromatic N) is 2. The summed E-state index contributed by atoms with van der Waals surface area (Å²) in [6.45, 7) is 0. The Bertz CT molecular complexity index is 831. The summed E-state index contributed by atoms with van der Waals surface area (Å²) < 4.78 is 0. The fourth-order valence-corrected chi connectivity index (χ4v) is 2.33. The van der Waals surface area contributed by atoms with Crippen molar-refractivity contribution in [2.45, 2.75) is 0 Å². The van der Waals surface area contributed by atoms with E-state index in [0.29, 0.717) is 11.2 Å². The Morgan fingerprint density at radius 2 is 1.90 bits per heavy atom. The van der Waals surface area contributed by atoms with Crippen molar-refractivity contribution in [3.8, 4) is 0 Å². The number of carbonyl (C=O) groups excluding carboxylic acids is 1. The maximum Gasteiger partial charge on any atom is 0.257 e. The summed E-state index contributed by atoms with van der Waals surface area (Å²) in [5.74, 6) is -0.359. The van der Waals surface area contributed by atoms with Crippen molar-refractivity contribution in [3.05, 3.63) is 64.5 Å². The Kier molecular flexibility index (Phi) is 3.73. The zero-order chi connectivity index (χ0) is 14.8. The van der Waals surface area contributed by atoms with Gasteiger partial charge in [-0.25, -0.2) is 4.98 Å². The summed E-state index contributed by atoms with van der Waals surface area (Å²) in [6.07, 6.45) is 3.02. The highest BCUT2D eigenvalue weighted by molar-refractivity contribution is 6.35. The second kappa shape index (κ2) is 5.68. The third-order valence-electron chi connectivity index (χ3n) is 2.95. The summed E-state index contributed by atoms with van der Waals surface area (Å²) in [5.41, 5.74) is 1.59. The number of carbonyl (C=O) groups is 1. The molecule has 1 amide bonds. The van der Waals surface area contributed by atoms with Crippen molar-refractivity contribution in [1.29, 1.82) is 0 Å². The van der Waals surface area contributed by atoms with Crippen molar-refractivity contribution in [3.63, 3.8) is 0 Å². The Balaban J connectivity index is 1.99. The van der Waals surface area contributed by atoms with Crippen LogP contribution in [0.2, 0.25) is 10.2 Å². The van der Waals surface area contributed by atoms with Crippen LogP contribution in [0.3, 0.4) is 0 Å². The number of nitrogens with one attached hydrogen (secondary N) is 1. The summed E-state index contributed by atoms with van der Waals surface area (Å²) in [7, 11) is 0. The van der Waals surface area contributed by atoms with Crippen LogP contribution in [0.4, 0.5) is 5.69 Å². The molecule has 2 heterocycles. The number of aromatic nitrogens is 2. The lowest BCUT2D eigenvalue weighted by Gasteiger charge is -2.09. The number of halogens is 2. The zero-order valence-electron chi connectivity index (χ0n) is 10.7. The summed E-state index contributed by atoms with van der Waals surface area (Å²) in [6, 6.07) is 10.7. The van der Waals surface area contributed by atoms with Crippen LogP contribution in [0.15, 0.2) is 48.8 Å². The van der Waals surface area contributed by atoms with Gasteiger partial charge in [0.15, 0.2) is 0 Å². The minimum absolute atomic E-state index is 0.209. The third-order valence-corrected chi connectivity index (χ3v) is 3.46. The average Bonchev–Trinajstić information content (AvgIpc) is 2.50. The first-order valence-corrected chi connectivity index (χ1v) is 6.87. The van der Waals surface area contributed by atoms with E-state index >= 15 is 0 Å². The molecule has 6 heteroatoms. The fourth-order valence-electron chi connectivity index (χ4n) is 1.98. The molecule has 104 valence electrons. The molecule has 0 saturated heterocycles. The number of benzene rings is 1. The van der Waals surface area contributed by atoms with Gasteiger partial charge < -0.3 is 5.32 Å². The first-order chi connectivity index (χ1) is 10.1. The number of para-hydroxylation sites is 1. The van der Waals surface area contributed by atoms with Gasteiger partial charge in [0.05, 0.1) is 21.8 Å². The molecule has 0 unspecified atom stereocenters. The van der Waals surface area contributed by atoms with Crippen LogP contribution in [0, 0.1) is 0 Å². The van der Waals surface area contributed by atoms with Gasteiger partial charge in [0.25, 0.3) is 5.91 Å². The van der Waals surface area contributed by atoms with E-state index in [-0.39, 0.29) is 21.6 Å². The smallest absolute Gasteiger partial charge is 0.257 e. The molecule has 3 aromatic rings. The molecule has 2 aromatic heterocycles. The van der Waals surface area contributed by atoms with Crippen LogP contribution in [-0.2, 0) is 0 Å². The molecular formula is C15H9Cl2N3O. The number of anilines is 1. The van der Waals surface area contributed by atoms with E-state index in [2.05, 4.69) is 15.3 Å². The molecule has 0 aliphatic heterocycles. The number of pyridine rings is 2.